The van der Waals surface area contributed by atoms with Gasteiger partial charge in [0.25, 0.3) is 0 Å². The Morgan fingerprint density at radius 1 is 1.40 bits per heavy atom. The monoisotopic (exact) mass is 226 g/mol. The van der Waals surface area contributed by atoms with E-state index < -0.39 is 5.60 Å². The fraction of sp³-hybridized carbons (Fsp3) is 0.455. The number of aliphatic hydroxyl groups is 1. The van der Waals surface area contributed by atoms with E-state index in [-0.39, 0.29) is 6.79 Å². The summed E-state index contributed by atoms with van der Waals surface area (Å²) in [6.07, 6.45) is 1.54. The lowest BCUT2D eigenvalue weighted by Crippen LogP contribution is -2.08. The first-order valence-electron chi connectivity index (χ1n) is 4.93. The zero-order valence-corrected chi connectivity index (χ0v) is 9.10. The van der Waals surface area contributed by atoms with Gasteiger partial charge in [-0.05, 0) is 19.8 Å². The van der Waals surface area contributed by atoms with Gasteiger partial charge in [-0.2, -0.15) is 0 Å². The van der Waals surface area contributed by atoms with Crippen LogP contribution in [0.3, 0.4) is 0 Å². The van der Waals surface area contributed by atoms with Gasteiger partial charge in [0.15, 0.2) is 11.5 Å². The first-order chi connectivity index (χ1) is 7.12. The van der Waals surface area contributed by atoms with E-state index in [2.05, 4.69) is 0 Å². The summed E-state index contributed by atoms with van der Waals surface area (Å²) in [4.78, 5) is 0. The van der Waals surface area contributed by atoms with Crippen molar-refractivity contribution in [2.24, 2.45) is 0 Å². The van der Waals surface area contributed by atoms with Crippen molar-refractivity contribution < 1.29 is 14.6 Å². The van der Waals surface area contributed by atoms with Crippen LogP contribution in [0.5, 0.6) is 11.5 Å². The van der Waals surface area contributed by atoms with E-state index in [0.29, 0.717) is 10.8 Å². The average molecular weight is 227 g/mol. The molecular formula is C11H11ClO3. The first-order valence-corrected chi connectivity index (χ1v) is 5.31. The Bertz CT molecular complexity index is 438. The van der Waals surface area contributed by atoms with Gasteiger partial charge in [-0.25, -0.2) is 0 Å². The van der Waals surface area contributed by atoms with Crippen LogP contribution in [0.4, 0.5) is 0 Å². The molecule has 0 spiro atoms. The Morgan fingerprint density at radius 2 is 2.13 bits per heavy atom. The molecule has 1 heterocycles. The van der Waals surface area contributed by atoms with Crippen LogP contribution >= 0.6 is 11.6 Å². The number of hydrogen-bond donors (Lipinski definition) is 1. The van der Waals surface area contributed by atoms with Gasteiger partial charge in [0.2, 0.25) is 6.79 Å². The minimum atomic E-state index is -0.734. The topological polar surface area (TPSA) is 38.7 Å². The number of fused-ring (bicyclic) bond motifs is 1. The smallest absolute Gasteiger partial charge is 0.231 e. The van der Waals surface area contributed by atoms with Crippen molar-refractivity contribution in [1.29, 1.82) is 0 Å². The standard InChI is InChI=1S/C11H11ClO3/c1-6-9(11(13)2-3-11)7(12)4-8-10(6)15-5-14-8/h4,13H,2-3,5H2,1H3. The molecule has 1 N–H and O–H groups in total. The lowest BCUT2D eigenvalue weighted by Gasteiger charge is -2.15. The zero-order valence-electron chi connectivity index (χ0n) is 8.34. The maximum absolute atomic E-state index is 10.1. The second kappa shape index (κ2) is 2.80. The van der Waals surface area contributed by atoms with Gasteiger partial charge in [-0.1, -0.05) is 11.6 Å². The molecule has 4 heteroatoms. The molecule has 0 unspecified atom stereocenters. The van der Waals surface area contributed by atoms with Crippen molar-refractivity contribution >= 4 is 11.6 Å². The van der Waals surface area contributed by atoms with E-state index in [9.17, 15) is 5.11 Å². The molecule has 15 heavy (non-hydrogen) atoms. The van der Waals surface area contributed by atoms with Crippen molar-refractivity contribution in [3.63, 3.8) is 0 Å². The lowest BCUT2D eigenvalue weighted by atomic mass is 10.0. The molecule has 80 valence electrons. The van der Waals surface area contributed by atoms with E-state index in [4.69, 9.17) is 21.1 Å². The summed E-state index contributed by atoms with van der Waals surface area (Å²) in [5, 5.41) is 10.7. The molecule has 0 aromatic heterocycles. The molecule has 0 bridgehead atoms. The van der Waals surface area contributed by atoms with Crippen molar-refractivity contribution in [1.82, 2.24) is 0 Å². The summed E-state index contributed by atoms with van der Waals surface area (Å²) in [5.41, 5.74) is 0.964. The summed E-state index contributed by atoms with van der Waals surface area (Å²) < 4.78 is 10.6. The second-order valence-electron chi connectivity index (χ2n) is 4.12. The minimum absolute atomic E-state index is 0.231. The number of benzene rings is 1. The molecule has 0 radical (unpaired) electrons. The number of hydrogen-bond acceptors (Lipinski definition) is 3. The van der Waals surface area contributed by atoms with Crippen molar-refractivity contribution in [2.45, 2.75) is 25.4 Å². The van der Waals surface area contributed by atoms with Crippen LogP contribution in [0, 0.1) is 6.92 Å². The molecule has 1 aromatic carbocycles. The molecule has 1 fully saturated rings. The lowest BCUT2D eigenvalue weighted by molar-refractivity contribution is 0.150. The summed E-state index contributed by atoms with van der Waals surface area (Å²) >= 11 is 6.14. The number of halogens is 1. The van der Waals surface area contributed by atoms with Crippen molar-refractivity contribution in [3.05, 3.63) is 22.2 Å². The molecule has 1 aromatic rings. The summed E-state index contributed by atoms with van der Waals surface area (Å²) in [7, 11) is 0. The van der Waals surface area contributed by atoms with E-state index in [1.165, 1.54) is 0 Å². The first kappa shape index (κ1) is 9.31. The molecule has 0 amide bonds. The molecule has 1 aliphatic heterocycles. The quantitative estimate of drug-likeness (QED) is 0.799. The Kier molecular flexibility index (Phi) is 1.74. The maximum atomic E-state index is 10.1. The molecule has 1 saturated carbocycles. The van der Waals surface area contributed by atoms with Crippen LogP contribution in [0.2, 0.25) is 5.02 Å². The van der Waals surface area contributed by atoms with Gasteiger partial charge in [-0.3, -0.25) is 0 Å². The molecule has 2 aliphatic rings. The summed E-state index contributed by atoms with van der Waals surface area (Å²) in [5.74, 6) is 1.39. The maximum Gasteiger partial charge on any atom is 0.231 e. The van der Waals surface area contributed by atoms with Crippen LogP contribution in [-0.4, -0.2) is 11.9 Å². The Morgan fingerprint density at radius 3 is 2.80 bits per heavy atom. The average Bonchev–Trinajstić information content (AvgIpc) is 2.75. The Balaban J connectivity index is 2.22. The molecule has 0 atom stereocenters. The third-order valence-corrected chi connectivity index (χ3v) is 3.34. The summed E-state index contributed by atoms with van der Waals surface area (Å²) in [6, 6.07) is 1.72. The largest absolute Gasteiger partial charge is 0.454 e. The van der Waals surface area contributed by atoms with Crippen LogP contribution < -0.4 is 9.47 Å². The van der Waals surface area contributed by atoms with E-state index >= 15 is 0 Å². The van der Waals surface area contributed by atoms with Crippen LogP contribution in [-0.2, 0) is 5.60 Å². The third-order valence-electron chi connectivity index (χ3n) is 3.04. The molecule has 0 saturated heterocycles. The second-order valence-corrected chi connectivity index (χ2v) is 4.53. The zero-order chi connectivity index (χ0) is 10.6. The highest BCUT2D eigenvalue weighted by molar-refractivity contribution is 6.31. The molecule has 3 nitrogen and oxygen atoms in total. The number of ether oxygens (including phenoxy) is 2. The van der Waals surface area contributed by atoms with Gasteiger partial charge < -0.3 is 14.6 Å². The van der Waals surface area contributed by atoms with Gasteiger partial charge in [-0.15, -0.1) is 0 Å². The van der Waals surface area contributed by atoms with Crippen molar-refractivity contribution in [2.75, 3.05) is 6.79 Å². The van der Waals surface area contributed by atoms with Crippen LogP contribution in [0.25, 0.3) is 0 Å². The normalized spacial score (nSPS) is 20.5. The SMILES string of the molecule is Cc1c2c(cc(Cl)c1C1(O)CC1)OCO2. The van der Waals surface area contributed by atoms with E-state index in [1.807, 2.05) is 6.92 Å². The highest BCUT2D eigenvalue weighted by Crippen LogP contribution is 2.53. The van der Waals surface area contributed by atoms with E-state index in [0.717, 1.165) is 29.7 Å². The van der Waals surface area contributed by atoms with Gasteiger partial charge in [0, 0.05) is 17.2 Å². The Labute approximate surface area is 92.6 Å². The van der Waals surface area contributed by atoms with Gasteiger partial charge >= 0.3 is 0 Å². The predicted molar refractivity (Wildman–Crippen MR) is 55.4 cm³/mol. The Hall–Kier alpha value is -0.930. The highest BCUT2D eigenvalue weighted by Gasteiger charge is 2.46. The molecule has 3 rings (SSSR count). The predicted octanol–water partition coefficient (Wildman–Crippen LogP) is 2.36. The third kappa shape index (κ3) is 1.23. The molecular weight excluding hydrogens is 216 g/mol. The highest BCUT2D eigenvalue weighted by atomic mass is 35.5. The van der Waals surface area contributed by atoms with Crippen molar-refractivity contribution in [3.8, 4) is 11.5 Å². The van der Waals surface area contributed by atoms with Gasteiger partial charge in [0.05, 0.1) is 10.6 Å². The fourth-order valence-electron chi connectivity index (χ4n) is 2.11. The van der Waals surface area contributed by atoms with Crippen LogP contribution in [0.1, 0.15) is 24.0 Å². The van der Waals surface area contributed by atoms with Gasteiger partial charge in [0.1, 0.15) is 0 Å². The fourth-order valence-corrected chi connectivity index (χ4v) is 2.53. The summed E-state index contributed by atoms with van der Waals surface area (Å²) in [6.45, 7) is 2.14. The van der Waals surface area contributed by atoms with E-state index in [1.54, 1.807) is 6.07 Å². The van der Waals surface area contributed by atoms with Crippen LogP contribution in [0.15, 0.2) is 6.07 Å². The number of rotatable bonds is 1. The minimum Gasteiger partial charge on any atom is -0.454 e. The molecule has 1 aliphatic carbocycles.